The number of carbonyl (C=O) groups excluding carboxylic acids is 1. The van der Waals surface area contributed by atoms with Crippen molar-refractivity contribution in [1.29, 1.82) is 0 Å². The monoisotopic (exact) mass is 327 g/mol. The Kier molecular flexibility index (Phi) is 4.59. The highest BCUT2D eigenvalue weighted by Crippen LogP contribution is 2.30. The number of piperazine rings is 1. The predicted octanol–water partition coefficient (Wildman–Crippen LogP) is 1.83. The van der Waals surface area contributed by atoms with Crippen molar-refractivity contribution in [2.24, 2.45) is 0 Å². The first-order valence-electron chi connectivity index (χ1n) is 7.86. The molecule has 126 valence electrons. The Hall–Kier alpha value is -1.60. The van der Waals surface area contributed by atoms with Crippen molar-refractivity contribution in [2.75, 3.05) is 39.3 Å². The summed E-state index contributed by atoms with van der Waals surface area (Å²) in [7, 11) is 0. The number of halogens is 3. The Labute approximate surface area is 133 Å². The van der Waals surface area contributed by atoms with Crippen LogP contribution in [0.4, 0.5) is 13.2 Å². The molecule has 0 saturated carbocycles. The summed E-state index contributed by atoms with van der Waals surface area (Å²) in [4.78, 5) is 16.5. The third-order valence-electron chi connectivity index (χ3n) is 4.56. The van der Waals surface area contributed by atoms with E-state index in [9.17, 15) is 18.0 Å². The van der Waals surface area contributed by atoms with Crippen molar-refractivity contribution >= 4 is 5.91 Å². The highest BCUT2D eigenvalue weighted by atomic mass is 19.4. The van der Waals surface area contributed by atoms with Crippen LogP contribution in [-0.2, 0) is 6.18 Å². The van der Waals surface area contributed by atoms with Crippen LogP contribution in [0.5, 0.6) is 0 Å². The summed E-state index contributed by atoms with van der Waals surface area (Å²) in [6, 6.07) is 4.99. The normalized spacial score (nSPS) is 23.3. The van der Waals surface area contributed by atoms with E-state index in [4.69, 9.17) is 0 Å². The molecule has 0 spiro atoms. The molecule has 1 amide bonds. The maximum atomic E-state index is 12.8. The molecule has 2 saturated heterocycles. The number of alkyl halides is 3. The van der Waals surface area contributed by atoms with Crippen molar-refractivity contribution in [1.82, 2.24) is 15.1 Å². The van der Waals surface area contributed by atoms with Gasteiger partial charge in [0.15, 0.2) is 0 Å². The van der Waals surface area contributed by atoms with Crippen molar-refractivity contribution in [3.63, 3.8) is 0 Å². The van der Waals surface area contributed by atoms with Crippen LogP contribution in [0, 0.1) is 0 Å². The lowest BCUT2D eigenvalue weighted by Gasteiger charge is -2.32. The molecular formula is C16H20F3N3O. The molecule has 1 N–H and O–H groups in total. The number of likely N-dealkylation sites (tertiary alicyclic amines) is 1. The van der Waals surface area contributed by atoms with E-state index in [0.717, 1.165) is 44.7 Å². The van der Waals surface area contributed by atoms with E-state index in [-0.39, 0.29) is 11.5 Å². The lowest BCUT2D eigenvalue weighted by atomic mass is 10.1. The SMILES string of the molecule is O=C(c1cccc(C(F)(F)F)c1)N1CCC(N2CCNCC2)C1. The van der Waals surface area contributed by atoms with Gasteiger partial charge >= 0.3 is 6.18 Å². The van der Waals surface area contributed by atoms with Crippen LogP contribution in [0.15, 0.2) is 24.3 Å². The minimum atomic E-state index is -4.43. The van der Waals surface area contributed by atoms with Gasteiger partial charge in [-0.05, 0) is 24.6 Å². The Bertz CT molecular complexity index is 570. The molecule has 2 aliphatic rings. The molecule has 1 atom stereocenters. The molecular weight excluding hydrogens is 307 g/mol. The van der Waals surface area contributed by atoms with E-state index in [2.05, 4.69) is 10.2 Å². The number of nitrogens with one attached hydrogen (secondary N) is 1. The fourth-order valence-corrected chi connectivity index (χ4v) is 3.28. The molecule has 0 aromatic heterocycles. The average Bonchev–Trinajstić information content (AvgIpc) is 3.04. The summed E-state index contributed by atoms with van der Waals surface area (Å²) >= 11 is 0. The lowest BCUT2D eigenvalue weighted by molar-refractivity contribution is -0.137. The zero-order valence-electron chi connectivity index (χ0n) is 12.8. The molecule has 3 rings (SSSR count). The number of carbonyl (C=O) groups is 1. The molecule has 1 aromatic rings. The second-order valence-electron chi connectivity index (χ2n) is 6.06. The first-order valence-corrected chi connectivity index (χ1v) is 7.86. The summed E-state index contributed by atoms with van der Waals surface area (Å²) in [6.07, 6.45) is -3.55. The topological polar surface area (TPSA) is 35.6 Å². The minimum absolute atomic E-state index is 0.112. The van der Waals surface area contributed by atoms with E-state index in [0.29, 0.717) is 19.1 Å². The molecule has 0 aliphatic carbocycles. The highest BCUT2D eigenvalue weighted by Gasteiger charge is 2.34. The third kappa shape index (κ3) is 3.67. The molecule has 4 nitrogen and oxygen atoms in total. The fourth-order valence-electron chi connectivity index (χ4n) is 3.28. The van der Waals surface area contributed by atoms with Crippen molar-refractivity contribution in [3.8, 4) is 0 Å². The van der Waals surface area contributed by atoms with Crippen LogP contribution in [0.25, 0.3) is 0 Å². The predicted molar refractivity (Wildman–Crippen MR) is 80.2 cm³/mol. The largest absolute Gasteiger partial charge is 0.416 e. The molecule has 0 radical (unpaired) electrons. The van der Waals surface area contributed by atoms with Crippen molar-refractivity contribution in [2.45, 2.75) is 18.6 Å². The molecule has 23 heavy (non-hydrogen) atoms. The molecule has 1 aromatic carbocycles. The van der Waals surface area contributed by atoms with Gasteiger partial charge in [-0.3, -0.25) is 9.69 Å². The number of nitrogens with zero attached hydrogens (tertiary/aromatic N) is 2. The van der Waals surface area contributed by atoms with Crippen LogP contribution in [-0.4, -0.2) is 61.0 Å². The number of rotatable bonds is 2. The standard InChI is InChI=1S/C16H20F3N3O/c17-16(18,19)13-3-1-2-12(10-13)15(23)22-7-4-14(11-22)21-8-5-20-6-9-21/h1-3,10,14,20H,4-9,11H2. The van der Waals surface area contributed by atoms with E-state index in [1.165, 1.54) is 12.1 Å². The van der Waals surface area contributed by atoms with Gasteiger partial charge in [-0.25, -0.2) is 0 Å². The van der Waals surface area contributed by atoms with Gasteiger partial charge in [-0.15, -0.1) is 0 Å². The molecule has 7 heteroatoms. The summed E-state index contributed by atoms with van der Waals surface area (Å²) < 4.78 is 38.3. The summed E-state index contributed by atoms with van der Waals surface area (Å²) in [5, 5.41) is 3.29. The fraction of sp³-hybridized carbons (Fsp3) is 0.562. The van der Waals surface area contributed by atoms with Gasteiger partial charge in [-0.1, -0.05) is 6.07 Å². The number of hydrogen-bond donors (Lipinski definition) is 1. The van der Waals surface area contributed by atoms with Gasteiger partial charge in [0.2, 0.25) is 0 Å². The number of amides is 1. The van der Waals surface area contributed by atoms with Crippen molar-refractivity contribution < 1.29 is 18.0 Å². The maximum absolute atomic E-state index is 12.8. The molecule has 2 aliphatic heterocycles. The van der Waals surface area contributed by atoms with E-state index in [1.807, 2.05) is 0 Å². The van der Waals surface area contributed by atoms with Gasteiger partial charge < -0.3 is 10.2 Å². The van der Waals surface area contributed by atoms with Crippen LogP contribution in [0.1, 0.15) is 22.3 Å². The van der Waals surface area contributed by atoms with Gasteiger partial charge in [0, 0.05) is 50.9 Å². The van der Waals surface area contributed by atoms with Crippen LogP contribution >= 0.6 is 0 Å². The Balaban J connectivity index is 1.67. The third-order valence-corrected chi connectivity index (χ3v) is 4.56. The summed E-state index contributed by atoms with van der Waals surface area (Å²) in [5.41, 5.74) is -0.665. The van der Waals surface area contributed by atoms with E-state index >= 15 is 0 Å². The quantitative estimate of drug-likeness (QED) is 0.900. The minimum Gasteiger partial charge on any atom is -0.337 e. The molecule has 2 heterocycles. The second kappa shape index (κ2) is 6.49. The van der Waals surface area contributed by atoms with E-state index in [1.54, 1.807) is 4.90 Å². The van der Waals surface area contributed by atoms with Gasteiger partial charge in [0.1, 0.15) is 0 Å². The Morgan fingerprint density at radius 3 is 2.61 bits per heavy atom. The molecule has 0 bridgehead atoms. The lowest BCUT2D eigenvalue weighted by Crippen LogP contribution is -2.49. The van der Waals surface area contributed by atoms with Gasteiger partial charge in [0.25, 0.3) is 5.91 Å². The molecule has 2 fully saturated rings. The Morgan fingerprint density at radius 2 is 1.91 bits per heavy atom. The highest BCUT2D eigenvalue weighted by molar-refractivity contribution is 5.94. The van der Waals surface area contributed by atoms with E-state index < -0.39 is 11.7 Å². The maximum Gasteiger partial charge on any atom is 0.416 e. The zero-order valence-corrected chi connectivity index (χ0v) is 12.8. The smallest absolute Gasteiger partial charge is 0.337 e. The first-order chi connectivity index (χ1) is 10.9. The molecule has 1 unspecified atom stereocenters. The van der Waals surface area contributed by atoms with Crippen LogP contribution in [0.2, 0.25) is 0 Å². The number of hydrogen-bond acceptors (Lipinski definition) is 3. The van der Waals surface area contributed by atoms with Crippen molar-refractivity contribution in [3.05, 3.63) is 35.4 Å². The first kappa shape index (κ1) is 16.3. The average molecular weight is 327 g/mol. The van der Waals surface area contributed by atoms with Gasteiger partial charge in [-0.2, -0.15) is 13.2 Å². The second-order valence-corrected chi connectivity index (χ2v) is 6.06. The summed E-state index contributed by atoms with van der Waals surface area (Å²) in [6.45, 7) is 4.99. The summed E-state index contributed by atoms with van der Waals surface area (Å²) in [5.74, 6) is -0.311. The van der Waals surface area contributed by atoms with Crippen LogP contribution in [0.3, 0.4) is 0 Å². The van der Waals surface area contributed by atoms with Gasteiger partial charge in [0.05, 0.1) is 5.56 Å². The number of benzene rings is 1. The Morgan fingerprint density at radius 1 is 1.17 bits per heavy atom. The van der Waals surface area contributed by atoms with Crippen LogP contribution < -0.4 is 5.32 Å². The zero-order chi connectivity index (χ0) is 16.4.